The Labute approximate surface area is 79.6 Å². The first-order valence-electron chi connectivity index (χ1n) is 4.13. The number of hydroxylamine groups is 1. The van der Waals surface area contributed by atoms with Gasteiger partial charge in [-0.3, -0.25) is 0 Å². The van der Waals surface area contributed by atoms with E-state index in [1.54, 1.807) is 6.92 Å². The minimum atomic E-state index is -1.19. The molecule has 0 heterocycles. The minimum Gasteiger partial charge on any atom is -0.302 e. The van der Waals surface area contributed by atoms with Crippen LogP contribution in [-0.2, 0) is 11.4 Å². The van der Waals surface area contributed by atoms with E-state index >= 15 is 0 Å². The quantitative estimate of drug-likeness (QED) is 0.462. The lowest BCUT2D eigenvalue weighted by Crippen LogP contribution is -2.15. The third kappa shape index (κ3) is 2.71. The topological polar surface area (TPSA) is 21.3 Å². The molecular weight excluding hydrogens is 195 g/mol. The second kappa shape index (κ2) is 4.97. The molecule has 1 N–H and O–H groups in total. The van der Waals surface area contributed by atoms with Crippen molar-refractivity contribution in [1.82, 2.24) is 5.48 Å². The SMILES string of the molecule is CCONCc1cc(F)c(F)cc1F. The van der Waals surface area contributed by atoms with E-state index in [1.165, 1.54) is 0 Å². The van der Waals surface area contributed by atoms with E-state index in [1.807, 2.05) is 0 Å². The number of nitrogens with one attached hydrogen (secondary N) is 1. The predicted octanol–water partition coefficient (Wildman–Crippen LogP) is 2.15. The lowest BCUT2D eigenvalue weighted by Gasteiger charge is -2.05. The van der Waals surface area contributed by atoms with Crippen LogP contribution < -0.4 is 5.48 Å². The van der Waals surface area contributed by atoms with Crippen molar-refractivity contribution in [1.29, 1.82) is 0 Å². The highest BCUT2D eigenvalue weighted by molar-refractivity contribution is 5.19. The van der Waals surface area contributed by atoms with Gasteiger partial charge in [-0.25, -0.2) is 13.2 Å². The molecule has 5 heteroatoms. The molecule has 0 spiro atoms. The second-order valence-corrected chi connectivity index (χ2v) is 2.61. The van der Waals surface area contributed by atoms with Gasteiger partial charge in [0.05, 0.1) is 6.61 Å². The van der Waals surface area contributed by atoms with Crippen molar-refractivity contribution in [2.24, 2.45) is 0 Å². The van der Waals surface area contributed by atoms with E-state index in [-0.39, 0.29) is 12.1 Å². The van der Waals surface area contributed by atoms with Crippen molar-refractivity contribution < 1.29 is 18.0 Å². The molecule has 0 aliphatic rings. The highest BCUT2D eigenvalue weighted by Gasteiger charge is 2.08. The van der Waals surface area contributed by atoms with E-state index in [4.69, 9.17) is 4.84 Å². The molecule has 0 aromatic heterocycles. The molecule has 14 heavy (non-hydrogen) atoms. The number of rotatable bonds is 4. The highest BCUT2D eigenvalue weighted by Crippen LogP contribution is 2.13. The van der Waals surface area contributed by atoms with Crippen molar-refractivity contribution in [3.8, 4) is 0 Å². The van der Waals surface area contributed by atoms with Crippen molar-refractivity contribution in [2.75, 3.05) is 6.61 Å². The molecule has 0 atom stereocenters. The molecule has 0 bridgehead atoms. The molecule has 0 saturated heterocycles. The van der Waals surface area contributed by atoms with Crippen LogP contribution in [0.5, 0.6) is 0 Å². The summed E-state index contributed by atoms with van der Waals surface area (Å²) < 4.78 is 38.1. The summed E-state index contributed by atoms with van der Waals surface area (Å²) in [7, 11) is 0. The Bertz CT molecular complexity index is 317. The van der Waals surface area contributed by atoms with Gasteiger partial charge in [0.1, 0.15) is 5.82 Å². The molecule has 0 fully saturated rings. The minimum absolute atomic E-state index is 0.00310. The van der Waals surface area contributed by atoms with Crippen molar-refractivity contribution in [3.05, 3.63) is 35.1 Å². The molecule has 0 radical (unpaired) electrons. The summed E-state index contributed by atoms with van der Waals surface area (Å²) in [6, 6.07) is 1.31. The van der Waals surface area contributed by atoms with Crippen LogP contribution >= 0.6 is 0 Å². The normalized spacial score (nSPS) is 10.6. The van der Waals surface area contributed by atoms with Gasteiger partial charge >= 0.3 is 0 Å². The summed E-state index contributed by atoms with van der Waals surface area (Å²) in [5.41, 5.74) is 2.44. The number of hydrogen-bond donors (Lipinski definition) is 1. The van der Waals surface area contributed by atoms with Gasteiger partial charge in [-0.05, 0) is 13.0 Å². The zero-order valence-electron chi connectivity index (χ0n) is 7.61. The maximum atomic E-state index is 13.0. The molecular formula is C9H10F3NO. The molecule has 0 aliphatic heterocycles. The van der Waals surface area contributed by atoms with Crippen LogP contribution in [0.15, 0.2) is 12.1 Å². The Morgan fingerprint density at radius 2 is 1.79 bits per heavy atom. The number of hydrogen-bond acceptors (Lipinski definition) is 2. The molecule has 78 valence electrons. The first-order chi connectivity index (χ1) is 6.65. The van der Waals surface area contributed by atoms with Gasteiger partial charge in [-0.15, -0.1) is 0 Å². The van der Waals surface area contributed by atoms with Gasteiger partial charge in [0.25, 0.3) is 0 Å². The molecule has 1 aromatic carbocycles. The number of halogens is 3. The third-order valence-electron chi connectivity index (χ3n) is 1.60. The van der Waals surface area contributed by atoms with Crippen LogP contribution in [0.3, 0.4) is 0 Å². The number of benzene rings is 1. The Kier molecular flexibility index (Phi) is 3.91. The average Bonchev–Trinajstić information content (AvgIpc) is 2.14. The first kappa shape index (κ1) is 11.0. The summed E-state index contributed by atoms with van der Waals surface area (Å²) in [5, 5.41) is 0. The van der Waals surface area contributed by atoms with E-state index in [9.17, 15) is 13.2 Å². The maximum Gasteiger partial charge on any atom is 0.161 e. The molecule has 0 amide bonds. The fraction of sp³-hybridized carbons (Fsp3) is 0.333. The zero-order valence-corrected chi connectivity index (χ0v) is 7.61. The lowest BCUT2D eigenvalue weighted by molar-refractivity contribution is 0.0456. The first-order valence-corrected chi connectivity index (χ1v) is 4.13. The summed E-state index contributed by atoms with van der Waals surface area (Å²) in [6.07, 6.45) is 0. The highest BCUT2D eigenvalue weighted by atomic mass is 19.2. The lowest BCUT2D eigenvalue weighted by atomic mass is 10.2. The van der Waals surface area contributed by atoms with Crippen molar-refractivity contribution in [3.63, 3.8) is 0 Å². The van der Waals surface area contributed by atoms with Gasteiger partial charge in [0.15, 0.2) is 11.6 Å². The summed E-state index contributed by atoms with van der Waals surface area (Å²) in [4.78, 5) is 4.73. The van der Waals surface area contributed by atoms with Gasteiger partial charge in [-0.2, -0.15) is 5.48 Å². The Balaban J connectivity index is 2.72. The summed E-state index contributed by atoms with van der Waals surface area (Å²) in [6.45, 7) is 2.15. The summed E-state index contributed by atoms with van der Waals surface area (Å²) in [5.74, 6) is -3.06. The fourth-order valence-electron chi connectivity index (χ4n) is 0.930. The average molecular weight is 205 g/mol. The maximum absolute atomic E-state index is 13.0. The van der Waals surface area contributed by atoms with Gasteiger partial charge in [0, 0.05) is 18.2 Å². The van der Waals surface area contributed by atoms with Crippen molar-refractivity contribution >= 4 is 0 Å². The smallest absolute Gasteiger partial charge is 0.161 e. The Hall–Kier alpha value is -1.07. The van der Waals surface area contributed by atoms with Crippen molar-refractivity contribution in [2.45, 2.75) is 13.5 Å². The van der Waals surface area contributed by atoms with E-state index in [0.717, 1.165) is 6.07 Å². The monoisotopic (exact) mass is 205 g/mol. The summed E-state index contributed by atoms with van der Waals surface area (Å²) >= 11 is 0. The fourth-order valence-corrected chi connectivity index (χ4v) is 0.930. The standard InChI is InChI=1S/C9H10F3NO/c1-2-14-13-5-6-3-8(11)9(12)4-7(6)10/h3-4,13H,2,5H2,1H3. The van der Waals surface area contributed by atoms with Crippen LogP contribution in [0.4, 0.5) is 13.2 Å². The second-order valence-electron chi connectivity index (χ2n) is 2.61. The van der Waals surface area contributed by atoms with Gasteiger partial charge in [0.2, 0.25) is 0 Å². The third-order valence-corrected chi connectivity index (χ3v) is 1.60. The van der Waals surface area contributed by atoms with E-state index in [2.05, 4.69) is 5.48 Å². The molecule has 0 unspecified atom stereocenters. The Morgan fingerprint density at radius 1 is 1.14 bits per heavy atom. The Morgan fingerprint density at radius 3 is 2.43 bits per heavy atom. The van der Waals surface area contributed by atoms with Crippen LogP contribution in [0.2, 0.25) is 0 Å². The molecule has 0 saturated carbocycles. The van der Waals surface area contributed by atoms with Gasteiger partial charge in [-0.1, -0.05) is 0 Å². The van der Waals surface area contributed by atoms with Crippen LogP contribution in [0.1, 0.15) is 12.5 Å². The van der Waals surface area contributed by atoms with Crippen LogP contribution in [-0.4, -0.2) is 6.61 Å². The zero-order chi connectivity index (χ0) is 10.6. The molecule has 2 nitrogen and oxygen atoms in total. The largest absolute Gasteiger partial charge is 0.302 e. The van der Waals surface area contributed by atoms with E-state index in [0.29, 0.717) is 12.7 Å². The molecule has 0 aliphatic carbocycles. The predicted molar refractivity (Wildman–Crippen MR) is 44.8 cm³/mol. The van der Waals surface area contributed by atoms with Gasteiger partial charge < -0.3 is 4.84 Å². The van der Waals surface area contributed by atoms with Crippen LogP contribution in [0, 0.1) is 17.5 Å². The van der Waals surface area contributed by atoms with E-state index < -0.39 is 17.5 Å². The molecule has 1 rings (SSSR count). The van der Waals surface area contributed by atoms with Crippen LogP contribution in [0.25, 0.3) is 0 Å². The molecule has 1 aromatic rings.